The molecule has 0 bridgehead atoms. The highest BCUT2D eigenvalue weighted by Crippen LogP contribution is 2.41. The zero-order chi connectivity index (χ0) is 30.5. The van der Waals surface area contributed by atoms with Gasteiger partial charge in [-0.25, -0.2) is 0 Å². The van der Waals surface area contributed by atoms with E-state index >= 15 is 0 Å². The molecule has 8 nitrogen and oxygen atoms in total. The van der Waals surface area contributed by atoms with Crippen molar-refractivity contribution in [3.05, 3.63) is 0 Å². The SMILES string of the molecule is CON1C(C)(C)CC(N(C)C(=O)CCCCCCCCC(=O)N(C)C2CC(C)(C)N(OC)C(C)(C)C2)CC1(C)C. The maximum atomic E-state index is 13.0. The Morgan fingerprint density at radius 3 is 1.07 bits per heavy atom. The lowest BCUT2D eigenvalue weighted by Gasteiger charge is -2.54. The summed E-state index contributed by atoms with van der Waals surface area (Å²) in [5.41, 5.74) is -0.497. The van der Waals surface area contributed by atoms with Crippen molar-refractivity contribution in [2.45, 2.75) is 167 Å². The van der Waals surface area contributed by atoms with E-state index in [9.17, 15) is 9.59 Å². The van der Waals surface area contributed by atoms with E-state index in [4.69, 9.17) is 9.68 Å². The number of nitrogens with zero attached hydrogens (tertiary/aromatic N) is 4. The average Bonchev–Trinajstić information content (AvgIpc) is 2.81. The van der Waals surface area contributed by atoms with Crippen LogP contribution in [0.5, 0.6) is 0 Å². The van der Waals surface area contributed by atoms with Crippen LogP contribution < -0.4 is 0 Å². The van der Waals surface area contributed by atoms with Crippen molar-refractivity contribution >= 4 is 11.8 Å². The highest BCUT2D eigenvalue weighted by molar-refractivity contribution is 5.76. The number of hydrogen-bond acceptors (Lipinski definition) is 6. The zero-order valence-corrected chi connectivity index (χ0v) is 28.1. The number of carbonyl (C=O) groups is 2. The highest BCUT2D eigenvalue weighted by Gasteiger charge is 2.48. The number of amides is 2. The van der Waals surface area contributed by atoms with Gasteiger partial charge in [0.1, 0.15) is 0 Å². The largest absolute Gasteiger partial charge is 0.343 e. The van der Waals surface area contributed by atoms with Gasteiger partial charge in [-0.3, -0.25) is 9.59 Å². The van der Waals surface area contributed by atoms with Gasteiger partial charge in [-0.15, -0.1) is 0 Å². The molecule has 40 heavy (non-hydrogen) atoms. The van der Waals surface area contributed by atoms with Gasteiger partial charge in [0.2, 0.25) is 11.8 Å². The summed E-state index contributed by atoms with van der Waals surface area (Å²) in [6.45, 7) is 17.6. The molecule has 0 radical (unpaired) electrons. The molecule has 0 aromatic carbocycles. The summed E-state index contributed by atoms with van der Waals surface area (Å²) in [6.07, 6.45) is 11.1. The first-order chi connectivity index (χ1) is 18.4. The second kappa shape index (κ2) is 13.8. The molecular weight excluding hydrogens is 504 g/mol. The Morgan fingerprint density at radius 2 is 0.825 bits per heavy atom. The third-order valence-electron chi connectivity index (χ3n) is 9.42. The summed E-state index contributed by atoms with van der Waals surface area (Å²) in [5.74, 6) is 0.498. The molecule has 2 fully saturated rings. The standard InChI is InChI=1S/C32H62N4O4/c1-29(2)21-25(22-30(3,4)35(29)39-11)33(9)27(37)19-17-15-13-14-16-18-20-28(38)34(10)26-23-31(5,6)36(40-12)32(7,8)24-26/h25-26H,13-24H2,1-12H3. The first-order valence-corrected chi connectivity index (χ1v) is 15.6. The quantitative estimate of drug-likeness (QED) is 0.248. The average molecular weight is 567 g/mol. The fourth-order valence-electron chi connectivity index (χ4n) is 7.98. The van der Waals surface area contributed by atoms with E-state index in [1.165, 1.54) is 0 Å². The Balaban J connectivity index is 1.65. The highest BCUT2D eigenvalue weighted by atomic mass is 16.7. The third-order valence-corrected chi connectivity index (χ3v) is 9.42. The van der Waals surface area contributed by atoms with E-state index in [1.54, 1.807) is 14.2 Å². The van der Waals surface area contributed by atoms with Gasteiger partial charge in [0.25, 0.3) is 0 Å². The molecule has 0 aliphatic carbocycles. The Hall–Kier alpha value is -1.22. The van der Waals surface area contributed by atoms with Gasteiger partial charge in [0, 0.05) is 61.2 Å². The molecular formula is C32H62N4O4. The summed E-state index contributed by atoms with van der Waals surface area (Å²) >= 11 is 0. The van der Waals surface area contributed by atoms with E-state index in [0.717, 1.165) is 64.2 Å². The molecule has 0 aromatic rings. The van der Waals surface area contributed by atoms with Crippen molar-refractivity contribution in [1.82, 2.24) is 19.9 Å². The number of unbranched alkanes of at least 4 members (excludes halogenated alkanes) is 5. The maximum absolute atomic E-state index is 13.0. The Morgan fingerprint density at radius 1 is 0.575 bits per heavy atom. The number of piperidine rings is 2. The van der Waals surface area contributed by atoms with E-state index in [2.05, 4.69) is 65.5 Å². The van der Waals surface area contributed by atoms with Gasteiger partial charge >= 0.3 is 0 Å². The second-order valence-electron chi connectivity index (χ2n) is 15.0. The van der Waals surface area contributed by atoms with Crippen LogP contribution in [-0.2, 0) is 19.3 Å². The summed E-state index contributed by atoms with van der Waals surface area (Å²) in [6, 6.07) is 0.452. The molecule has 0 N–H and O–H groups in total. The lowest BCUT2D eigenvalue weighted by atomic mass is 9.78. The molecule has 2 amide bonds. The molecule has 2 saturated heterocycles. The molecule has 2 heterocycles. The van der Waals surface area contributed by atoms with E-state index in [-0.39, 0.29) is 46.1 Å². The van der Waals surface area contributed by atoms with Crippen LogP contribution in [0.1, 0.15) is 132 Å². The summed E-state index contributed by atoms with van der Waals surface area (Å²) in [7, 11) is 7.42. The van der Waals surface area contributed by atoms with Crippen LogP contribution in [0.25, 0.3) is 0 Å². The second-order valence-corrected chi connectivity index (χ2v) is 15.0. The van der Waals surface area contributed by atoms with Gasteiger partial charge < -0.3 is 19.5 Å². The molecule has 2 aliphatic rings. The molecule has 2 aliphatic heterocycles. The zero-order valence-electron chi connectivity index (χ0n) is 28.1. The molecule has 8 heteroatoms. The fourth-order valence-corrected chi connectivity index (χ4v) is 7.98. The van der Waals surface area contributed by atoms with Gasteiger partial charge in [-0.05, 0) is 93.9 Å². The minimum absolute atomic E-state index is 0.124. The van der Waals surface area contributed by atoms with Crippen molar-refractivity contribution in [1.29, 1.82) is 0 Å². The minimum atomic E-state index is -0.124. The van der Waals surface area contributed by atoms with Crippen LogP contribution in [0.3, 0.4) is 0 Å². The van der Waals surface area contributed by atoms with Gasteiger partial charge in [0.15, 0.2) is 0 Å². The van der Waals surface area contributed by atoms with Gasteiger partial charge in [-0.1, -0.05) is 25.7 Å². The Bertz CT molecular complexity index is 737. The number of rotatable bonds is 13. The van der Waals surface area contributed by atoms with Crippen LogP contribution in [0, 0.1) is 0 Å². The predicted molar refractivity (Wildman–Crippen MR) is 163 cm³/mol. The molecule has 234 valence electrons. The molecule has 2 rings (SSSR count). The Kier molecular flexibility index (Phi) is 12.1. The topological polar surface area (TPSA) is 65.6 Å². The summed E-state index contributed by atoms with van der Waals surface area (Å²) in [4.78, 5) is 41.3. The van der Waals surface area contributed by atoms with Crippen molar-refractivity contribution in [3.8, 4) is 0 Å². The minimum Gasteiger partial charge on any atom is -0.343 e. The summed E-state index contributed by atoms with van der Waals surface area (Å²) in [5, 5.41) is 4.18. The molecule has 0 atom stereocenters. The van der Waals surface area contributed by atoms with Gasteiger partial charge in [0.05, 0.1) is 14.2 Å². The third kappa shape index (κ3) is 8.65. The first kappa shape index (κ1) is 35.0. The lowest BCUT2D eigenvalue weighted by Crippen LogP contribution is -2.63. The molecule has 0 unspecified atom stereocenters. The van der Waals surface area contributed by atoms with Crippen LogP contribution >= 0.6 is 0 Å². The van der Waals surface area contributed by atoms with Crippen molar-refractivity contribution in [3.63, 3.8) is 0 Å². The smallest absolute Gasteiger partial charge is 0.222 e. The first-order valence-electron chi connectivity index (χ1n) is 15.6. The van der Waals surface area contributed by atoms with Crippen LogP contribution in [-0.4, -0.2) is 94.3 Å². The van der Waals surface area contributed by atoms with Crippen molar-refractivity contribution in [2.24, 2.45) is 0 Å². The monoisotopic (exact) mass is 566 g/mol. The predicted octanol–water partition coefficient (Wildman–Crippen LogP) is 6.19. The van der Waals surface area contributed by atoms with Crippen LogP contribution in [0.4, 0.5) is 0 Å². The molecule has 0 aromatic heterocycles. The normalized spacial score (nSPS) is 23.2. The maximum Gasteiger partial charge on any atom is 0.222 e. The number of hydrogen-bond donors (Lipinski definition) is 0. The van der Waals surface area contributed by atoms with Crippen LogP contribution in [0.15, 0.2) is 0 Å². The van der Waals surface area contributed by atoms with E-state index in [0.29, 0.717) is 12.8 Å². The molecule has 0 spiro atoms. The van der Waals surface area contributed by atoms with E-state index in [1.807, 2.05) is 23.9 Å². The van der Waals surface area contributed by atoms with E-state index < -0.39 is 0 Å². The Labute approximate surface area is 246 Å². The fraction of sp³-hybridized carbons (Fsp3) is 0.938. The number of carbonyl (C=O) groups excluding carboxylic acids is 2. The lowest BCUT2D eigenvalue weighted by molar-refractivity contribution is -0.271. The van der Waals surface area contributed by atoms with Gasteiger partial charge in [-0.2, -0.15) is 10.1 Å². The molecule has 0 saturated carbocycles. The van der Waals surface area contributed by atoms with Crippen molar-refractivity contribution in [2.75, 3.05) is 28.3 Å². The number of hydroxylamine groups is 4. The van der Waals surface area contributed by atoms with Crippen LogP contribution in [0.2, 0.25) is 0 Å². The summed E-state index contributed by atoms with van der Waals surface area (Å²) < 4.78 is 0. The van der Waals surface area contributed by atoms with Crippen molar-refractivity contribution < 1.29 is 19.3 Å².